The third-order valence-corrected chi connectivity index (χ3v) is 7.22. The van der Waals surface area contributed by atoms with Gasteiger partial charge < -0.3 is 25.8 Å². The number of nitrogens with zero attached hydrogens (tertiary/aromatic N) is 2. The molecule has 204 valence electrons. The highest BCUT2D eigenvalue weighted by Gasteiger charge is 2.24. The van der Waals surface area contributed by atoms with E-state index < -0.39 is 18.0 Å². The fourth-order valence-electron chi connectivity index (χ4n) is 4.00. The predicted molar refractivity (Wildman–Crippen MR) is 148 cm³/mol. The largest absolute Gasteiger partial charge is 0.508 e. The summed E-state index contributed by atoms with van der Waals surface area (Å²) in [4.78, 5) is 39.2. The van der Waals surface area contributed by atoms with Gasteiger partial charge in [-0.3, -0.25) is 4.79 Å². The molecule has 0 aliphatic carbocycles. The van der Waals surface area contributed by atoms with Gasteiger partial charge in [-0.05, 0) is 62.7 Å². The molecule has 0 saturated carbocycles. The normalized spacial score (nSPS) is 11.8. The number of carbonyl (C=O) groups excluding carboxylic acids is 3. The van der Waals surface area contributed by atoms with Crippen LogP contribution in [0.4, 0.5) is 10.5 Å². The monoisotopic (exact) mass is 550 g/mol. The molecule has 2 aromatic heterocycles. The summed E-state index contributed by atoms with van der Waals surface area (Å²) in [7, 11) is 1.94. The van der Waals surface area contributed by atoms with Crippen LogP contribution >= 0.6 is 11.3 Å². The number of hydrogen-bond acceptors (Lipinski definition) is 6. The minimum atomic E-state index is -0.884. The number of benzene rings is 2. The van der Waals surface area contributed by atoms with Gasteiger partial charge in [-0.25, -0.2) is 14.2 Å². The van der Waals surface area contributed by atoms with E-state index in [-0.39, 0.29) is 30.7 Å². The minimum Gasteiger partial charge on any atom is -0.508 e. The first-order chi connectivity index (χ1) is 18.6. The number of aryl methyl sites for hydroxylation is 2. The molecular weight excluding hydrogens is 518 g/mol. The van der Waals surface area contributed by atoms with Crippen LogP contribution in [0.25, 0.3) is 4.96 Å². The second kappa shape index (κ2) is 12.0. The van der Waals surface area contributed by atoms with Crippen LogP contribution in [0.3, 0.4) is 0 Å². The van der Waals surface area contributed by atoms with Crippen LogP contribution in [-0.2, 0) is 29.5 Å². The molecule has 0 aliphatic rings. The van der Waals surface area contributed by atoms with E-state index in [0.717, 1.165) is 21.9 Å². The number of ether oxygens (including phenoxy) is 1. The molecule has 11 heteroatoms. The first-order valence-electron chi connectivity index (χ1n) is 12.5. The lowest BCUT2D eigenvalue weighted by molar-refractivity contribution is -0.650. The van der Waals surface area contributed by atoms with Crippen molar-refractivity contribution in [2.24, 2.45) is 7.05 Å². The van der Waals surface area contributed by atoms with Gasteiger partial charge in [-0.2, -0.15) is 4.40 Å². The summed E-state index contributed by atoms with van der Waals surface area (Å²) in [5, 5.41) is 20.1. The van der Waals surface area contributed by atoms with Crippen LogP contribution in [0.5, 0.6) is 5.75 Å². The standard InChI is InChI=1S/C28H31N5O5S/c1-17(2)38-26(36)20-7-9-21(10-8-20)30-27(37)31-24(13-19-5-11-23(34)12-6-19)25(35)29-14-22-15-33-18(3)16-39-28(33)32(22)4/h5-12,15-17,24H,13-14H2,1-4H3,(H3-,29,30,31,34,35,36,37)/p+1/t24-/m0/s1. The Bertz CT molecular complexity index is 1470. The van der Waals surface area contributed by atoms with Gasteiger partial charge in [0, 0.05) is 17.5 Å². The van der Waals surface area contributed by atoms with Gasteiger partial charge in [0.1, 0.15) is 23.7 Å². The Hall–Kier alpha value is -4.38. The van der Waals surface area contributed by atoms with Crippen LogP contribution in [0, 0.1) is 6.92 Å². The molecule has 0 fully saturated rings. The summed E-state index contributed by atoms with van der Waals surface area (Å²) in [6, 6.07) is 11.3. The maximum absolute atomic E-state index is 13.2. The fourth-order valence-corrected chi connectivity index (χ4v) is 4.97. The number of imidazole rings is 1. The van der Waals surface area contributed by atoms with E-state index in [0.29, 0.717) is 11.3 Å². The highest BCUT2D eigenvalue weighted by molar-refractivity contribution is 7.14. The van der Waals surface area contributed by atoms with Gasteiger partial charge in [0.25, 0.3) is 0 Å². The van der Waals surface area contributed by atoms with Crippen LogP contribution in [0.1, 0.15) is 41.2 Å². The third kappa shape index (κ3) is 6.94. The van der Waals surface area contributed by atoms with E-state index in [1.807, 2.05) is 24.7 Å². The molecule has 39 heavy (non-hydrogen) atoms. The minimum absolute atomic E-state index is 0.114. The Labute approximate surface area is 230 Å². The molecule has 3 amide bonds. The van der Waals surface area contributed by atoms with E-state index in [9.17, 15) is 19.5 Å². The molecule has 0 unspecified atom stereocenters. The maximum atomic E-state index is 13.2. The van der Waals surface area contributed by atoms with Crippen LogP contribution in [0.15, 0.2) is 60.1 Å². The number of fused-ring (bicyclic) bond motifs is 1. The molecule has 2 heterocycles. The van der Waals surface area contributed by atoms with E-state index >= 15 is 0 Å². The van der Waals surface area contributed by atoms with Crippen molar-refractivity contribution in [1.82, 2.24) is 15.0 Å². The summed E-state index contributed by atoms with van der Waals surface area (Å²) in [6.45, 7) is 5.84. The lowest BCUT2D eigenvalue weighted by Gasteiger charge is -2.19. The summed E-state index contributed by atoms with van der Waals surface area (Å²) < 4.78 is 9.27. The Morgan fingerprint density at radius 2 is 1.77 bits per heavy atom. The Morgan fingerprint density at radius 1 is 1.08 bits per heavy atom. The molecule has 2 aromatic carbocycles. The highest BCUT2D eigenvalue weighted by Crippen LogP contribution is 2.15. The van der Waals surface area contributed by atoms with Crippen molar-refractivity contribution in [3.63, 3.8) is 0 Å². The number of thiazole rings is 1. The number of phenolic OH excluding ortho intramolecular Hbond substituents is 1. The molecule has 4 rings (SSSR count). The molecule has 0 bridgehead atoms. The fraction of sp³-hybridized carbons (Fsp3) is 0.286. The van der Waals surface area contributed by atoms with Gasteiger partial charge in [0.15, 0.2) is 5.69 Å². The first-order valence-corrected chi connectivity index (χ1v) is 13.4. The second-order valence-electron chi connectivity index (χ2n) is 9.48. The number of aromatic nitrogens is 2. The van der Waals surface area contributed by atoms with Crippen LogP contribution < -0.4 is 20.5 Å². The van der Waals surface area contributed by atoms with Gasteiger partial charge in [-0.15, -0.1) is 0 Å². The number of carbonyl (C=O) groups is 3. The topological polar surface area (TPSA) is 125 Å². The van der Waals surface area contributed by atoms with Crippen molar-refractivity contribution in [3.05, 3.63) is 82.6 Å². The van der Waals surface area contributed by atoms with Crippen molar-refractivity contribution < 1.29 is 28.8 Å². The molecule has 0 saturated heterocycles. The van der Waals surface area contributed by atoms with Crippen molar-refractivity contribution >= 4 is 39.9 Å². The number of anilines is 1. The maximum Gasteiger partial charge on any atom is 0.345 e. The van der Waals surface area contributed by atoms with Gasteiger partial charge in [0.2, 0.25) is 5.91 Å². The van der Waals surface area contributed by atoms with Crippen LogP contribution in [-0.4, -0.2) is 39.6 Å². The third-order valence-electron chi connectivity index (χ3n) is 6.08. The SMILES string of the molecule is Cc1csc2n1cc(CNC(=O)[C@H](Cc1ccc(O)cc1)NC(=O)Nc1ccc(C(=O)OC(C)C)cc1)[n+]2C. The van der Waals surface area contributed by atoms with Gasteiger partial charge >= 0.3 is 17.0 Å². The second-order valence-corrected chi connectivity index (χ2v) is 10.3. The number of amides is 3. The number of aromatic hydroxyl groups is 1. The predicted octanol–water partition coefficient (Wildman–Crippen LogP) is 3.45. The van der Waals surface area contributed by atoms with Gasteiger partial charge in [0.05, 0.1) is 25.3 Å². The van der Waals surface area contributed by atoms with E-state index in [4.69, 9.17) is 4.74 Å². The van der Waals surface area contributed by atoms with E-state index in [2.05, 4.69) is 25.7 Å². The molecule has 0 radical (unpaired) electrons. The molecule has 0 spiro atoms. The smallest absolute Gasteiger partial charge is 0.345 e. The van der Waals surface area contributed by atoms with Crippen LogP contribution in [0.2, 0.25) is 0 Å². The average molecular weight is 551 g/mol. The van der Waals surface area contributed by atoms with Crippen molar-refractivity contribution in [2.45, 2.75) is 45.9 Å². The Balaban J connectivity index is 1.43. The molecule has 4 N–H and O–H groups in total. The molecule has 0 aliphatic heterocycles. The summed E-state index contributed by atoms with van der Waals surface area (Å²) in [6.07, 6.45) is 1.96. The lowest BCUT2D eigenvalue weighted by Crippen LogP contribution is -2.49. The number of rotatable bonds is 9. The number of phenols is 1. The zero-order valence-electron chi connectivity index (χ0n) is 22.2. The van der Waals surface area contributed by atoms with Crippen molar-refractivity contribution in [3.8, 4) is 5.75 Å². The highest BCUT2D eigenvalue weighted by atomic mass is 32.1. The lowest BCUT2D eigenvalue weighted by atomic mass is 10.1. The zero-order chi connectivity index (χ0) is 28.1. The summed E-state index contributed by atoms with van der Waals surface area (Å²) in [5.74, 6) is -0.683. The van der Waals surface area contributed by atoms with Gasteiger partial charge in [-0.1, -0.05) is 23.5 Å². The Kier molecular flexibility index (Phi) is 8.50. The van der Waals surface area contributed by atoms with Crippen molar-refractivity contribution in [2.75, 3.05) is 5.32 Å². The van der Waals surface area contributed by atoms with E-state index in [1.165, 1.54) is 12.1 Å². The average Bonchev–Trinajstić information content (AvgIpc) is 3.42. The quantitative estimate of drug-likeness (QED) is 0.188. The van der Waals surface area contributed by atoms with E-state index in [1.54, 1.807) is 61.6 Å². The number of nitrogens with one attached hydrogen (secondary N) is 3. The van der Waals surface area contributed by atoms with Crippen molar-refractivity contribution in [1.29, 1.82) is 0 Å². The Morgan fingerprint density at radius 3 is 2.41 bits per heavy atom. The summed E-state index contributed by atoms with van der Waals surface area (Å²) in [5.41, 5.74) is 3.62. The number of urea groups is 1. The molecule has 4 aromatic rings. The molecular formula is C28H32N5O5S+. The first kappa shape index (κ1) is 27.6. The number of esters is 1. The zero-order valence-corrected chi connectivity index (χ0v) is 23.0. The number of hydrogen-bond donors (Lipinski definition) is 4. The summed E-state index contributed by atoms with van der Waals surface area (Å²) >= 11 is 1.62. The molecule has 10 nitrogen and oxygen atoms in total. The molecule has 1 atom stereocenters.